The van der Waals surface area contributed by atoms with Gasteiger partial charge in [-0.2, -0.15) is 13.2 Å². The van der Waals surface area contributed by atoms with Crippen molar-refractivity contribution in [3.63, 3.8) is 0 Å². The highest BCUT2D eigenvalue weighted by Crippen LogP contribution is 2.35. The van der Waals surface area contributed by atoms with E-state index in [0.29, 0.717) is 24.7 Å². The number of pyridine rings is 1. The summed E-state index contributed by atoms with van der Waals surface area (Å²) in [7, 11) is 0. The predicted octanol–water partition coefficient (Wildman–Crippen LogP) is 6.25. The van der Waals surface area contributed by atoms with Gasteiger partial charge in [-0.1, -0.05) is 38.8 Å². The summed E-state index contributed by atoms with van der Waals surface area (Å²) in [5.74, 6) is 0.354. The van der Waals surface area contributed by atoms with E-state index in [1.54, 1.807) is 6.20 Å². The number of fused-ring (bicyclic) bond motifs is 1. The SMILES string of the molecule is CC(C)CCN(Cc1nc2cccnc2n1C1CCCC1)C(=O)c1ccccc1C(F)(F)F. The molecule has 0 spiro atoms. The lowest BCUT2D eigenvalue weighted by Crippen LogP contribution is -2.34. The summed E-state index contributed by atoms with van der Waals surface area (Å²) in [5.41, 5.74) is 0.281. The molecule has 2 aromatic heterocycles. The zero-order chi connectivity index (χ0) is 23.6. The lowest BCUT2D eigenvalue weighted by Gasteiger charge is -2.26. The van der Waals surface area contributed by atoms with Crippen LogP contribution in [0.1, 0.15) is 73.7 Å². The Morgan fingerprint density at radius 1 is 1.15 bits per heavy atom. The van der Waals surface area contributed by atoms with E-state index in [-0.39, 0.29) is 18.2 Å². The fourth-order valence-corrected chi connectivity index (χ4v) is 4.56. The van der Waals surface area contributed by atoms with Crippen molar-refractivity contribution in [3.8, 4) is 0 Å². The standard InChI is InChI=1S/C25H29F3N4O/c1-17(2)13-15-31(24(33)19-10-5-6-11-20(19)25(26,27)28)16-22-30-21-12-7-14-29-23(21)32(22)18-8-3-4-9-18/h5-7,10-12,14,17-18H,3-4,8-9,13,15-16H2,1-2H3. The molecule has 0 atom stereocenters. The summed E-state index contributed by atoms with van der Waals surface area (Å²) in [6.07, 6.45) is 2.05. The Morgan fingerprint density at radius 2 is 1.88 bits per heavy atom. The molecule has 3 aromatic rings. The van der Waals surface area contributed by atoms with Crippen LogP contribution in [-0.4, -0.2) is 31.9 Å². The lowest BCUT2D eigenvalue weighted by atomic mass is 10.0. The lowest BCUT2D eigenvalue weighted by molar-refractivity contribution is -0.138. The van der Waals surface area contributed by atoms with Crippen LogP contribution in [-0.2, 0) is 12.7 Å². The minimum atomic E-state index is -4.60. The van der Waals surface area contributed by atoms with Crippen molar-refractivity contribution in [1.82, 2.24) is 19.4 Å². The second-order valence-corrected chi connectivity index (χ2v) is 9.14. The van der Waals surface area contributed by atoms with Gasteiger partial charge in [0.1, 0.15) is 11.3 Å². The average molecular weight is 459 g/mol. The number of benzene rings is 1. The summed E-state index contributed by atoms with van der Waals surface area (Å²) in [5, 5.41) is 0. The van der Waals surface area contributed by atoms with Crippen molar-refractivity contribution in [2.75, 3.05) is 6.54 Å². The van der Waals surface area contributed by atoms with Crippen molar-refractivity contribution in [2.45, 2.75) is 64.7 Å². The quantitative estimate of drug-likeness (QED) is 0.420. The number of imidazole rings is 1. The normalized spacial score (nSPS) is 15.0. The molecule has 33 heavy (non-hydrogen) atoms. The van der Waals surface area contributed by atoms with E-state index < -0.39 is 17.6 Å². The second kappa shape index (κ2) is 9.53. The van der Waals surface area contributed by atoms with Crippen molar-refractivity contribution in [3.05, 3.63) is 59.5 Å². The van der Waals surface area contributed by atoms with Crippen LogP contribution in [0.25, 0.3) is 11.2 Å². The third-order valence-corrected chi connectivity index (χ3v) is 6.27. The Labute approximate surface area is 191 Å². The first-order valence-electron chi connectivity index (χ1n) is 11.5. The molecule has 1 fully saturated rings. The number of nitrogens with zero attached hydrogens (tertiary/aromatic N) is 4. The molecule has 5 nitrogen and oxygen atoms in total. The molecule has 176 valence electrons. The van der Waals surface area contributed by atoms with Crippen molar-refractivity contribution >= 4 is 17.1 Å². The van der Waals surface area contributed by atoms with Gasteiger partial charge in [-0.15, -0.1) is 0 Å². The number of hydrogen-bond acceptors (Lipinski definition) is 3. The Morgan fingerprint density at radius 3 is 2.58 bits per heavy atom. The number of carbonyl (C=O) groups is 1. The number of aromatic nitrogens is 3. The molecule has 0 unspecified atom stereocenters. The van der Waals surface area contributed by atoms with Gasteiger partial charge in [-0.25, -0.2) is 9.97 Å². The minimum Gasteiger partial charge on any atom is -0.331 e. The van der Waals surface area contributed by atoms with E-state index in [4.69, 9.17) is 4.98 Å². The van der Waals surface area contributed by atoms with Gasteiger partial charge in [-0.3, -0.25) is 4.79 Å². The van der Waals surface area contributed by atoms with Gasteiger partial charge in [-0.05, 0) is 49.4 Å². The Balaban J connectivity index is 1.73. The van der Waals surface area contributed by atoms with Crippen LogP contribution in [0, 0.1) is 5.92 Å². The van der Waals surface area contributed by atoms with Crippen LogP contribution in [0.3, 0.4) is 0 Å². The van der Waals surface area contributed by atoms with Crippen LogP contribution in [0.2, 0.25) is 0 Å². The summed E-state index contributed by atoms with van der Waals surface area (Å²) in [6.45, 7) is 4.56. The third kappa shape index (κ3) is 5.04. The monoisotopic (exact) mass is 458 g/mol. The van der Waals surface area contributed by atoms with Gasteiger partial charge in [0.05, 0.1) is 17.7 Å². The molecule has 0 bridgehead atoms. The van der Waals surface area contributed by atoms with E-state index in [2.05, 4.69) is 9.55 Å². The number of alkyl halides is 3. The van der Waals surface area contributed by atoms with Crippen LogP contribution < -0.4 is 0 Å². The summed E-state index contributed by atoms with van der Waals surface area (Å²) in [4.78, 5) is 24.2. The minimum absolute atomic E-state index is 0.143. The molecular weight excluding hydrogens is 429 g/mol. The maximum absolute atomic E-state index is 13.6. The van der Waals surface area contributed by atoms with Crippen LogP contribution in [0.4, 0.5) is 13.2 Å². The molecule has 1 saturated carbocycles. The van der Waals surface area contributed by atoms with Crippen molar-refractivity contribution in [1.29, 1.82) is 0 Å². The molecule has 0 N–H and O–H groups in total. The fraction of sp³-hybridized carbons (Fsp3) is 0.480. The average Bonchev–Trinajstić information content (AvgIpc) is 3.42. The molecule has 0 radical (unpaired) electrons. The first kappa shape index (κ1) is 23.3. The fourth-order valence-electron chi connectivity index (χ4n) is 4.56. The van der Waals surface area contributed by atoms with Gasteiger partial charge in [0.2, 0.25) is 0 Å². The third-order valence-electron chi connectivity index (χ3n) is 6.27. The highest BCUT2D eigenvalue weighted by molar-refractivity contribution is 5.96. The zero-order valence-corrected chi connectivity index (χ0v) is 19.0. The number of amides is 1. The van der Waals surface area contributed by atoms with Crippen molar-refractivity contribution in [2.24, 2.45) is 5.92 Å². The predicted molar refractivity (Wildman–Crippen MR) is 121 cm³/mol. The number of rotatable bonds is 7. The molecule has 2 heterocycles. The molecule has 8 heteroatoms. The summed E-state index contributed by atoms with van der Waals surface area (Å²) < 4.78 is 43.0. The molecule has 1 aromatic carbocycles. The number of halogens is 3. The highest BCUT2D eigenvalue weighted by Gasteiger charge is 2.36. The topological polar surface area (TPSA) is 51.0 Å². The van der Waals surface area contributed by atoms with E-state index in [9.17, 15) is 18.0 Å². The molecule has 0 saturated heterocycles. The van der Waals surface area contributed by atoms with E-state index >= 15 is 0 Å². The summed E-state index contributed by atoms with van der Waals surface area (Å²) in [6, 6.07) is 8.95. The molecule has 0 aliphatic heterocycles. The Bertz CT molecular complexity index is 1120. The van der Waals surface area contributed by atoms with Gasteiger partial charge in [0.25, 0.3) is 5.91 Å². The van der Waals surface area contributed by atoms with Crippen LogP contribution in [0.15, 0.2) is 42.6 Å². The van der Waals surface area contributed by atoms with Gasteiger partial charge in [0, 0.05) is 18.8 Å². The second-order valence-electron chi connectivity index (χ2n) is 9.14. The number of carbonyl (C=O) groups excluding carboxylic acids is 1. The zero-order valence-electron chi connectivity index (χ0n) is 19.0. The van der Waals surface area contributed by atoms with Crippen LogP contribution >= 0.6 is 0 Å². The van der Waals surface area contributed by atoms with Crippen LogP contribution in [0.5, 0.6) is 0 Å². The first-order chi connectivity index (χ1) is 15.8. The molecule has 1 aliphatic rings. The van der Waals surface area contributed by atoms with Crippen molar-refractivity contribution < 1.29 is 18.0 Å². The highest BCUT2D eigenvalue weighted by atomic mass is 19.4. The number of hydrogen-bond donors (Lipinski definition) is 0. The molecule has 1 aliphatic carbocycles. The molecule has 1 amide bonds. The van der Waals surface area contributed by atoms with E-state index in [1.807, 2.05) is 26.0 Å². The van der Waals surface area contributed by atoms with E-state index in [1.165, 1.54) is 23.1 Å². The maximum Gasteiger partial charge on any atom is 0.417 e. The summed E-state index contributed by atoms with van der Waals surface area (Å²) >= 11 is 0. The Kier molecular flexibility index (Phi) is 6.72. The maximum atomic E-state index is 13.6. The van der Waals surface area contributed by atoms with Gasteiger partial charge >= 0.3 is 6.18 Å². The van der Waals surface area contributed by atoms with E-state index in [0.717, 1.165) is 42.9 Å². The van der Waals surface area contributed by atoms with Gasteiger partial charge < -0.3 is 9.47 Å². The van der Waals surface area contributed by atoms with Gasteiger partial charge in [0.15, 0.2) is 5.65 Å². The molecule has 4 rings (SSSR count). The smallest absolute Gasteiger partial charge is 0.331 e. The first-order valence-corrected chi connectivity index (χ1v) is 11.5. The largest absolute Gasteiger partial charge is 0.417 e. The Hall–Kier alpha value is -2.90. The molecular formula is C25H29F3N4O.